The Kier molecular flexibility index (Phi) is 11.3. The van der Waals surface area contributed by atoms with Crippen LogP contribution in [-0.4, -0.2) is 45.4 Å². The van der Waals surface area contributed by atoms with E-state index < -0.39 is 10.2 Å². The number of nitrogens with zero attached hydrogens (tertiary/aromatic N) is 1. The van der Waals surface area contributed by atoms with Crippen LogP contribution in [0.1, 0.15) is 59.8 Å². The van der Waals surface area contributed by atoms with Crippen molar-refractivity contribution < 1.29 is 8.42 Å². The van der Waals surface area contributed by atoms with Gasteiger partial charge in [0.2, 0.25) is 0 Å². The lowest BCUT2D eigenvalue weighted by molar-refractivity contribution is 0.414. The highest BCUT2D eigenvalue weighted by atomic mass is 32.2. The van der Waals surface area contributed by atoms with Crippen molar-refractivity contribution in [3.8, 4) is 0 Å². The molecule has 0 rings (SSSR count). The van der Waals surface area contributed by atoms with E-state index in [0.717, 1.165) is 38.6 Å². The van der Waals surface area contributed by atoms with E-state index in [2.05, 4.69) is 37.7 Å². The van der Waals surface area contributed by atoms with E-state index in [0.29, 0.717) is 25.0 Å². The summed E-state index contributed by atoms with van der Waals surface area (Å²) in [6, 6.07) is 0.439. The standard InChI is InChI=1S/C15H35N3O2S/c1-6-8-10-15(7-2)13-17-21(19,20)18(5)12-9-11-16-14(3)4/h14-17H,6-13H2,1-5H3. The summed E-state index contributed by atoms with van der Waals surface area (Å²) in [7, 11) is -1.69. The van der Waals surface area contributed by atoms with E-state index in [1.807, 2.05) is 0 Å². The van der Waals surface area contributed by atoms with Crippen LogP contribution in [0.2, 0.25) is 0 Å². The summed E-state index contributed by atoms with van der Waals surface area (Å²) in [6.45, 7) is 10.4. The second-order valence-electron chi connectivity index (χ2n) is 6.05. The van der Waals surface area contributed by atoms with Gasteiger partial charge in [0.05, 0.1) is 0 Å². The summed E-state index contributed by atoms with van der Waals surface area (Å²) in [5.41, 5.74) is 0. The largest absolute Gasteiger partial charge is 0.314 e. The van der Waals surface area contributed by atoms with Crippen molar-refractivity contribution in [3.05, 3.63) is 0 Å². The van der Waals surface area contributed by atoms with Crippen LogP contribution in [-0.2, 0) is 10.2 Å². The van der Waals surface area contributed by atoms with Crippen molar-refractivity contribution in [1.29, 1.82) is 0 Å². The molecule has 21 heavy (non-hydrogen) atoms. The Labute approximate surface area is 132 Å². The predicted molar refractivity (Wildman–Crippen MR) is 90.6 cm³/mol. The molecule has 0 heterocycles. The molecule has 0 aromatic carbocycles. The Morgan fingerprint density at radius 3 is 2.33 bits per heavy atom. The Balaban J connectivity index is 4.09. The van der Waals surface area contributed by atoms with Gasteiger partial charge in [0.15, 0.2) is 0 Å². The first-order chi connectivity index (χ1) is 9.83. The van der Waals surface area contributed by atoms with Gasteiger partial charge in [0.25, 0.3) is 10.2 Å². The third kappa shape index (κ3) is 10.2. The molecule has 0 saturated carbocycles. The van der Waals surface area contributed by atoms with Gasteiger partial charge in [-0.25, -0.2) is 4.72 Å². The van der Waals surface area contributed by atoms with E-state index in [4.69, 9.17) is 0 Å². The normalized spacial score (nSPS) is 14.0. The van der Waals surface area contributed by atoms with Crippen LogP contribution in [0.3, 0.4) is 0 Å². The molecule has 1 atom stereocenters. The number of hydrogen-bond donors (Lipinski definition) is 2. The maximum Gasteiger partial charge on any atom is 0.279 e. The van der Waals surface area contributed by atoms with E-state index in [1.54, 1.807) is 7.05 Å². The molecule has 0 fully saturated rings. The fourth-order valence-electron chi connectivity index (χ4n) is 2.09. The molecule has 0 radical (unpaired) electrons. The molecule has 2 N–H and O–H groups in total. The van der Waals surface area contributed by atoms with Crippen LogP contribution in [0.5, 0.6) is 0 Å². The summed E-state index contributed by atoms with van der Waals surface area (Å²) in [5, 5.41) is 3.29. The lowest BCUT2D eigenvalue weighted by atomic mass is 10.00. The maximum absolute atomic E-state index is 12.1. The fraction of sp³-hybridized carbons (Fsp3) is 1.00. The van der Waals surface area contributed by atoms with Crippen LogP contribution in [0, 0.1) is 5.92 Å². The van der Waals surface area contributed by atoms with Crippen LogP contribution in [0.25, 0.3) is 0 Å². The monoisotopic (exact) mass is 321 g/mol. The quantitative estimate of drug-likeness (QED) is 0.512. The Morgan fingerprint density at radius 2 is 1.81 bits per heavy atom. The van der Waals surface area contributed by atoms with Crippen LogP contribution in [0.4, 0.5) is 0 Å². The van der Waals surface area contributed by atoms with Gasteiger partial charge in [-0.1, -0.05) is 47.0 Å². The molecule has 128 valence electrons. The molecule has 0 amide bonds. The molecular weight excluding hydrogens is 286 g/mol. The highest BCUT2D eigenvalue weighted by Gasteiger charge is 2.18. The fourth-order valence-corrected chi connectivity index (χ4v) is 3.13. The molecule has 0 aliphatic heterocycles. The molecule has 0 aromatic heterocycles. The van der Waals surface area contributed by atoms with Crippen LogP contribution >= 0.6 is 0 Å². The van der Waals surface area contributed by atoms with Crippen molar-refractivity contribution in [2.24, 2.45) is 5.92 Å². The number of unbranched alkanes of at least 4 members (excludes halogenated alkanes) is 1. The molecule has 0 aliphatic rings. The van der Waals surface area contributed by atoms with Crippen molar-refractivity contribution in [3.63, 3.8) is 0 Å². The van der Waals surface area contributed by atoms with Gasteiger partial charge in [0, 0.05) is 26.2 Å². The molecule has 0 bridgehead atoms. The maximum atomic E-state index is 12.1. The zero-order valence-electron chi connectivity index (χ0n) is 14.5. The lowest BCUT2D eigenvalue weighted by Crippen LogP contribution is -2.41. The molecule has 1 unspecified atom stereocenters. The van der Waals surface area contributed by atoms with E-state index >= 15 is 0 Å². The molecule has 0 spiro atoms. The van der Waals surface area contributed by atoms with Gasteiger partial charge >= 0.3 is 0 Å². The summed E-state index contributed by atoms with van der Waals surface area (Å²) >= 11 is 0. The summed E-state index contributed by atoms with van der Waals surface area (Å²) in [6.07, 6.45) is 5.26. The highest BCUT2D eigenvalue weighted by molar-refractivity contribution is 7.87. The second kappa shape index (κ2) is 11.4. The van der Waals surface area contributed by atoms with E-state index in [-0.39, 0.29) is 0 Å². The van der Waals surface area contributed by atoms with Crippen molar-refractivity contribution in [2.45, 2.75) is 65.8 Å². The average Bonchev–Trinajstić information content (AvgIpc) is 2.43. The highest BCUT2D eigenvalue weighted by Crippen LogP contribution is 2.12. The number of nitrogens with one attached hydrogen (secondary N) is 2. The summed E-state index contributed by atoms with van der Waals surface area (Å²) in [4.78, 5) is 0. The third-order valence-electron chi connectivity index (χ3n) is 3.71. The molecule has 0 saturated heterocycles. The Morgan fingerprint density at radius 1 is 1.14 bits per heavy atom. The number of hydrogen-bond acceptors (Lipinski definition) is 3. The van der Waals surface area contributed by atoms with Gasteiger partial charge in [-0.15, -0.1) is 0 Å². The summed E-state index contributed by atoms with van der Waals surface area (Å²) < 4.78 is 28.5. The van der Waals surface area contributed by atoms with Gasteiger partial charge in [0.1, 0.15) is 0 Å². The molecule has 0 aliphatic carbocycles. The molecule has 0 aromatic rings. The molecular formula is C15H35N3O2S. The van der Waals surface area contributed by atoms with Gasteiger partial charge < -0.3 is 5.32 Å². The topological polar surface area (TPSA) is 61.4 Å². The molecule has 6 heteroatoms. The minimum absolute atomic E-state index is 0.439. The first-order valence-electron chi connectivity index (χ1n) is 8.27. The van der Waals surface area contributed by atoms with Crippen LogP contribution in [0.15, 0.2) is 0 Å². The van der Waals surface area contributed by atoms with E-state index in [9.17, 15) is 8.42 Å². The van der Waals surface area contributed by atoms with Gasteiger partial charge in [-0.3, -0.25) is 0 Å². The van der Waals surface area contributed by atoms with E-state index in [1.165, 1.54) is 4.31 Å². The minimum Gasteiger partial charge on any atom is -0.314 e. The van der Waals surface area contributed by atoms with Crippen molar-refractivity contribution >= 4 is 10.2 Å². The Bertz CT molecular complexity index is 345. The average molecular weight is 322 g/mol. The third-order valence-corrected chi connectivity index (χ3v) is 5.25. The number of rotatable bonds is 13. The first-order valence-corrected chi connectivity index (χ1v) is 9.71. The van der Waals surface area contributed by atoms with Gasteiger partial charge in [-0.2, -0.15) is 12.7 Å². The lowest BCUT2D eigenvalue weighted by Gasteiger charge is -2.21. The smallest absolute Gasteiger partial charge is 0.279 e. The SMILES string of the molecule is CCCCC(CC)CNS(=O)(=O)N(C)CCCNC(C)C. The summed E-state index contributed by atoms with van der Waals surface area (Å²) in [5.74, 6) is 0.440. The van der Waals surface area contributed by atoms with Crippen molar-refractivity contribution in [1.82, 2.24) is 14.3 Å². The Hall–Kier alpha value is -0.170. The van der Waals surface area contributed by atoms with Crippen LogP contribution < -0.4 is 10.0 Å². The second-order valence-corrected chi connectivity index (χ2v) is 7.92. The zero-order valence-corrected chi connectivity index (χ0v) is 15.3. The van der Waals surface area contributed by atoms with Crippen molar-refractivity contribution in [2.75, 3.05) is 26.7 Å². The van der Waals surface area contributed by atoms with Gasteiger partial charge in [-0.05, 0) is 25.3 Å². The predicted octanol–water partition coefficient (Wildman–Crippen LogP) is 2.36. The first kappa shape index (κ1) is 20.8. The zero-order chi connectivity index (χ0) is 16.3. The molecule has 5 nitrogen and oxygen atoms in total. The minimum atomic E-state index is -3.34.